The summed E-state index contributed by atoms with van der Waals surface area (Å²) in [5.74, 6) is 0.411. The first-order chi connectivity index (χ1) is 10.3. The number of hydrazone groups is 1. The molecule has 2 aliphatic carbocycles. The highest BCUT2D eigenvalue weighted by Gasteiger charge is 2.59. The Bertz CT molecular complexity index is 669. The van der Waals surface area contributed by atoms with Crippen molar-refractivity contribution in [3.05, 3.63) is 33.8 Å². The minimum atomic E-state index is -0.254. The van der Waals surface area contributed by atoms with Crippen molar-refractivity contribution in [2.75, 3.05) is 0 Å². The Balaban J connectivity index is 1.78. The Morgan fingerprint density at radius 1 is 1.27 bits per heavy atom. The molecule has 22 heavy (non-hydrogen) atoms. The number of rotatable bonds is 2. The van der Waals surface area contributed by atoms with Crippen LogP contribution in [0.15, 0.2) is 23.3 Å². The molecule has 118 valence electrons. The molecule has 1 N–H and O–H groups in total. The summed E-state index contributed by atoms with van der Waals surface area (Å²) in [5, 5.41) is 5.25. The van der Waals surface area contributed by atoms with Crippen LogP contribution in [0.1, 0.15) is 50.4 Å². The number of amides is 1. The molecule has 3 rings (SSSR count). The number of nitrogens with zero attached hydrogens (tertiary/aromatic N) is 1. The van der Waals surface area contributed by atoms with Crippen molar-refractivity contribution >= 4 is 34.8 Å². The lowest BCUT2D eigenvalue weighted by molar-refractivity contribution is 0.0954. The molecule has 1 aromatic carbocycles. The maximum atomic E-state index is 12.2. The third-order valence-electron chi connectivity index (χ3n) is 5.99. The molecule has 0 radical (unpaired) electrons. The molecule has 1 amide bonds. The van der Waals surface area contributed by atoms with E-state index in [1.54, 1.807) is 18.2 Å². The second kappa shape index (κ2) is 5.24. The van der Waals surface area contributed by atoms with Gasteiger partial charge in [0.05, 0.1) is 10.0 Å². The van der Waals surface area contributed by atoms with E-state index in [9.17, 15) is 4.79 Å². The minimum absolute atomic E-state index is 0.0859. The smallest absolute Gasteiger partial charge is 0.267 e. The van der Waals surface area contributed by atoms with Gasteiger partial charge in [0.2, 0.25) is 0 Å². The van der Waals surface area contributed by atoms with Gasteiger partial charge in [-0.05, 0) is 48.8 Å². The Hall–Kier alpha value is -1.06. The molecule has 1 aromatic rings. The van der Waals surface area contributed by atoms with Crippen LogP contribution in [0.25, 0.3) is 0 Å². The second-order valence-corrected chi connectivity index (χ2v) is 7.94. The summed E-state index contributed by atoms with van der Waals surface area (Å²) in [6.45, 7) is 6.89. The molecule has 0 aliphatic heterocycles. The SMILES string of the molecule is CC1(C)[C@H]2CC[C@]1(C)/C(=N/NC(=O)c1ccc(Cl)c(Cl)c1)C2. The molecule has 0 spiro atoms. The zero-order valence-electron chi connectivity index (χ0n) is 13.0. The van der Waals surface area contributed by atoms with E-state index in [0.29, 0.717) is 21.5 Å². The molecule has 0 aromatic heterocycles. The summed E-state index contributed by atoms with van der Waals surface area (Å²) >= 11 is 11.8. The van der Waals surface area contributed by atoms with Gasteiger partial charge in [-0.3, -0.25) is 4.79 Å². The van der Waals surface area contributed by atoms with E-state index in [1.807, 2.05) is 0 Å². The Morgan fingerprint density at radius 2 is 2.00 bits per heavy atom. The van der Waals surface area contributed by atoms with E-state index in [4.69, 9.17) is 23.2 Å². The number of benzene rings is 1. The van der Waals surface area contributed by atoms with Crippen LogP contribution in [-0.2, 0) is 0 Å². The van der Waals surface area contributed by atoms with E-state index in [0.717, 1.165) is 18.6 Å². The van der Waals surface area contributed by atoms with Crippen molar-refractivity contribution < 1.29 is 4.79 Å². The van der Waals surface area contributed by atoms with Crippen molar-refractivity contribution in [3.63, 3.8) is 0 Å². The first-order valence-corrected chi connectivity index (χ1v) is 8.34. The highest BCUT2D eigenvalue weighted by Crippen LogP contribution is 2.63. The van der Waals surface area contributed by atoms with Gasteiger partial charge < -0.3 is 0 Å². The van der Waals surface area contributed by atoms with E-state index < -0.39 is 0 Å². The first kappa shape index (κ1) is 15.8. The van der Waals surface area contributed by atoms with Gasteiger partial charge in [-0.15, -0.1) is 0 Å². The van der Waals surface area contributed by atoms with Gasteiger partial charge >= 0.3 is 0 Å². The molecule has 5 heteroatoms. The molecule has 0 saturated heterocycles. The predicted octanol–water partition coefficient (Wildman–Crippen LogP) is 4.93. The fourth-order valence-electron chi connectivity index (χ4n) is 3.92. The molecular formula is C17H20Cl2N2O. The highest BCUT2D eigenvalue weighted by atomic mass is 35.5. The topological polar surface area (TPSA) is 41.5 Å². The van der Waals surface area contributed by atoms with Gasteiger partial charge in [-0.1, -0.05) is 44.0 Å². The number of carbonyl (C=O) groups excluding carboxylic acids is 1. The lowest BCUT2D eigenvalue weighted by atomic mass is 9.70. The Labute approximate surface area is 141 Å². The van der Waals surface area contributed by atoms with Gasteiger partial charge in [0.25, 0.3) is 5.91 Å². The monoisotopic (exact) mass is 338 g/mol. The van der Waals surface area contributed by atoms with Crippen molar-refractivity contribution in [1.29, 1.82) is 0 Å². The van der Waals surface area contributed by atoms with Gasteiger partial charge in [0.1, 0.15) is 0 Å². The first-order valence-electron chi connectivity index (χ1n) is 7.58. The fourth-order valence-corrected chi connectivity index (χ4v) is 4.22. The summed E-state index contributed by atoms with van der Waals surface area (Å²) in [7, 11) is 0. The standard InChI is InChI=1S/C17H20Cl2N2O/c1-16(2)11-6-7-17(16,3)14(9-11)20-21-15(22)10-4-5-12(18)13(19)8-10/h4-5,8,11H,6-7,9H2,1-3H3,(H,21,22)/b20-14+/t11-,17+/m0/s1. The lowest BCUT2D eigenvalue weighted by Crippen LogP contribution is -2.34. The number of halogens is 2. The molecule has 2 saturated carbocycles. The predicted molar refractivity (Wildman–Crippen MR) is 90.6 cm³/mol. The number of nitrogens with one attached hydrogen (secondary N) is 1. The van der Waals surface area contributed by atoms with Crippen LogP contribution in [-0.4, -0.2) is 11.6 Å². The third-order valence-corrected chi connectivity index (χ3v) is 6.73. The zero-order valence-corrected chi connectivity index (χ0v) is 14.6. The maximum absolute atomic E-state index is 12.2. The Morgan fingerprint density at radius 3 is 2.55 bits per heavy atom. The number of hydrogen-bond donors (Lipinski definition) is 1. The third kappa shape index (κ3) is 2.26. The maximum Gasteiger partial charge on any atom is 0.271 e. The number of carbonyl (C=O) groups is 1. The van der Waals surface area contributed by atoms with Gasteiger partial charge in [-0.2, -0.15) is 5.10 Å². The minimum Gasteiger partial charge on any atom is -0.267 e. The molecule has 2 aliphatic rings. The van der Waals surface area contributed by atoms with Crippen LogP contribution in [0.5, 0.6) is 0 Å². The van der Waals surface area contributed by atoms with Crippen LogP contribution in [0.4, 0.5) is 0 Å². The van der Waals surface area contributed by atoms with Crippen molar-refractivity contribution in [3.8, 4) is 0 Å². The van der Waals surface area contributed by atoms with Gasteiger partial charge in [0.15, 0.2) is 0 Å². The summed E-state index contributed by atoms with van der Waals surface area (Å²) < 4.78 is 0. The molecule has 3 nitrogen and oxygen atoms in total. The van der Waals surface area contributed by atoms with Crippen molar-refractivity contribution in [1.82, 2.24) is 5.43 Å². The molecule has 0 unspecified atom stereocenters. The average molecular weight is 339 g/mol. The van der Waals surface area contributed by atoms with Crippen LogP contribution in [0, 0.1) is 16.7 Å². The highest BCUT2D eigenvalue weighted by molar-refractivity contribution is 6.42. The number of hydrogen-bond acceptors (Lipinski definition) is 2. The molecular weight excluding hydrogens is 319 g/mol. The molecule has 0 heterocycles. The van der Waals surface area contributed by atoms with Crippen molar-refractivity contribution in [2.45, 2.75) is 40.0 Å². The molecule has 2 bridgehead atoms. The van der Waals surface area contributed by atoms with E-state index >= 15 is 0 Å². The van der Waals surface area contributed by atoms with Crippen LogP contribution >= 0.6 is 23.2 Å². The summed E-state index contributed by atoms with van der Waals surface area (Å²) in [4.78, 5) is 12.2. The molecule has 2 fully saturated rings. The van der Waals surface area contributed by atoms with E-state index in [2.05, 4.69) is 31.3 Å². The van der Waals surface area contributed by atoms with E-state index in [-0.39, 0.29) is 16.7 Å². The fraction of sp³-hybridized carbons (Fsp3) is 0.529. The van der Waals surface area contributed by atoms with Gasteiger partial charge in [-0.25, -0.2) is 5.43 Å². The van der Waals surface area contributed by atoms with Crippen LogP contribution in [0.3, 0.4) is 0 Å². The quantitative estimate of drug-likeness (QED) is 0.763. The second-order valence-electron chi connectivity index (χ2n) is 7.12. The van der Waals surface area contributed by atoms with Gasteiger partial charge in [0, 0.05) is 16.7 Å². The zero-order chi connectivity index (χ0) is 16.1. The normalized spacial score (nSPS) is 30.8. The molecule has 2 atom stereocenters. The summed E-state index contributed by atoms with van der Waals surface area (Å²) in [6, 6.07) is 4.83. The van der Waals surface area contributed by atoms with E-state index in [1.165, 1.54) is 6.42 Å². The lowest BCUT2D eigenvalue weighted by Gasteiger charge is -2.34. The summed E-state index contributed by atoms with van der Waals surface area (Å²) in [6.07, 6.45) is 3.38. The Kier molecular flexibility index (Phi) is 3.77. The average Bonchev–Trinajstić information content (AvgIpc) is 2.80. The number of fused-ring (bicyclic) bond motifs is 2. The van der Waals surface area contributed by atoms with Crippen LogP contribution < -0.4 is 5.43 Å². The summed E-state index contributed by atoms with van der Waals surface area (Å²) in [5.41, 5.74) is 4.60. The van der Waals surface area contributed by atoms with Crippen molar-refractivity contribution in [2.24, 2.45) is 21.8 Å². The van der Waals surface area contributed by atoms with Crippen LogP contribution in [0.2, 0.25) is 10.0 Å². The largest absolute Gasteiger partial charge is 0.271 e.